The molecule has 0 radical (unpaired) electrons. The van der Waals surface area contributed by atoms with Gasteiger partial charge in [-0.3, -0.25) is 4.79 Å². The predicted octanol–water partition coefficient (Wildman–Crippen LogP) is 5.38. The maximum Gasteiger partial charge on any atom is 0.161 e. The number of carbonyl (C=O) groups excluding carboxylic acids is 1. The number of hydrogen-bond acceptors (Lipinski definition) is 2. The zero-order chi connectivity index (χ0) is 18.5. The fourth-order valence-electron chi connectivity index (χ4n) is 4.24. The molecule has 142 valence electrons. The largest absolute Gasteiger partial charge is 0.347 e. The Balaban J connectivity index is 1.49. The van der Waals surface area contributed by atoms with Crippen molar-refractivity contribution in [2.45, 2.75) is 59.4 Å². The Morgan fingerprint density at radius 3 is 2.58 bits per heavy atom. The Morgan fingerprint density at radius 2 is 1.88 bits per heavy atom. The summed E-state index contributed by atoms with van der Waals surface area (Å²) >= 11 is 0. The molecule has 0 N–H and O–H groups in total. The molecule has 2 heterocycles. The Kier molecular flexibility index (Phi) is 6.53. The first-order valence-corrected chi connectivity index (χ1v) is 10.4. The topological polar surface area (TPSA) is 25.2 Å². The van der Waals surface area contributed by atoms with Crippen LogP contribution in [-0.4, -0.2) is 34.9 Å². The van der Waals surface area contributed by atoms with Gasteiger partial charge in [0.05, 0.1) is 0 Å². The van der Waals surface area contributed by atoms with Crippen LogP contribution in [0.1, 0.15) is 63.2 Å². The molecule has 1 fully saturated rings. The lowest BCUT2D eigenvalue weighted by atomic mass is 9.89. The zero-order valence-corrected chi connectivity index (χ0v) is 16.7. The molecule has 0 saturated carbocycles. The number of aryl methyl sites for hydroxylation is 1. The van der Waals surface area contributed by atoms with Crippen molar-refractivity contribution >= 4 is 16.7 Å². The highest BCUT2D eigenvalue weighted by molar-refractivity contribution is 6.06. The van der Waals surface area contributed by atoms with E-state index in [0.29, 0.717) is 0 Å². The molecule has 3 heteroatoms. The van der Waals surface area contributed by atoms with Crippen LogP contribution >= 0.6 is 0 Å². The van der Waals surface area contributed by atoms with Crippen molar-refractivity contribution < 1.29 is 4.79 Å². The van der Waals surface area contributed by atoms with E-state index < -0.39 is 0 Å². The van der Waals surface area contributed by atoms with Gasteiger partial charge in [-0.2, -0.15) is 0 Å². The molecule has 0 amide bonds. The molecule has 2 aromatic rings. The van der Waals surface area contributed by atoms with Crippen LogP contribution in [0.15, 0.2) is 30.5 Å². The summed E-state index contributed by atoms with van der Waals surface area (Å²) in [6.45, 7) is 11.0. The number of nitrogens with zero attached hydrogens (tertiary/aromatic N) is 2. The molecular formula is C23H34N2O. The van der Waals surface area contributed by atoms with Crippen LogP contribution in [0, 0.1) is 11.8 Å². The molecule has 3 nitrogen and oxygen atoms in total. The Hall–Kier alpha value is -1.61. The van der Waals surface area contributed by atoms with Crippen molar-refractivity contribution in [3.63, 3.8) is 0 Å². The maximum atomic E-state index is 11.9. The first-order valence-electron chi connectivity index (χ1n) is 10.4. The molecule has 0 aliphatic carbocycles. The molecule has 26 heavy (non-hydrogen) atoms. The third-order valence-corrected chi connectivity index (χ3v) is 5.90. The SMILES string of the molecule is CC(=O)c1cn(CCCN2CCC(CCC(C)C)CC2)c2ccccc12. The van der Waals surface area contributed by atoms with Crippen molar-refractivity contribution in [3.8, 4) is 0 Å². The lowest BCUT2D eigenvalue weighted by molar-refractivity contribution is 0.101. The second-order valence-electron chi connectivity index (χ2n) is 8.42. The fraction of sp³-hybridized carbons (Fsp3) is 0.609. The van der Waals surface area contributed by atoms with E-state index in [2.05, 4.69) is 41.5 Å². The Labute approximate surface area is 158 Å². The number of para-hydroxylation sites is 1. The van der Waals surface area contributed by atoms with Crippen molar-refractivity contribution in [2.24, 2.45) is 11.8 Å². The predicted molar refractivity (Wildman–Crippen MR) is 110 cm³/mol. The molecule has 1 aliphatic rings. The van der Waals surface area contributed by atoms with Crippen molar-refractivity contribution in [3.05, 3.63) is 36.0 Å². The van der Waals surface area contributed by atoms with Crippen molar-refractivity contribution in [1.29, 1.82) is 0 Å². The van der Waals surface area contributed by atoms with Gasteiger partial charge in [-0.1, -0.05) is 44.9 Å². The maximum absolute atomic E-state index is 11.9. The molecule has 1 aromatic heterocycles. The average molecular weight is 355 g/mol. The minimum Gasteiger partial charge on any atom is -0.347 e. The van der Waals surface area contributed by atoms with Gasteiger partial charge >= 0.3 is 0 Å². The summed E-state index contributed by atoms with van der Waals surface area (Å²) in [5.41, 5.74) is 2.04. The first kappa shape index (κ1) is 19.2. The number of carbonyl (C=O) groups is 1. The van der Waals surface area contributed by atoms with E-state index >= 15 is 0 Å². The summed E-state index contributed by atoms with van der Waals surface area (Å²) in [4.78, 5) is 14.5. The van der Waals surface area contributed by atoms with E-state index in [1.165, 1.54) is 50.8 Å². The molecule has 0 unspecified atom stereocenters. The third-order valence-electron chi connectivity index (χ3n) is 5.90. The van der Waals surface area contributed by atoms with Gasteiger partial charge in [0.1, 0.15) is 0 Å². The minimum atomic E-state index is 0.156. The summed E-state index contributed by atoms with van der Waals surface area (Å²) in [7, 11) is 0. The second-order valence-corrected chi connectivity index (χ2v) is 8.42. The van der Waals surface area contributed by atoms with Crippen LogP contribution in [-0.2, 0) is 6.54 Å². The van der Waals surface area contributed by atoms with Crippen LogP contribution in [0.25, 0.3) is 10.9 Å². The number of Topliss-reactive ketones (excluding diaryl/α,β-unsaturated/α-hetero) is 1. The van der Waals surface area contributed by atoms with Crippen LogP contribution in [0.3, 0.4) is 0 Å². The smallest absolute Gasteiger partial charge is 0.161 e. The van der Waals surface area contributed by atoms with E-state index in [9.17, 15) is 4.79 Å². The summed E-state index contributed by atoms with van der Waals surface area (Å²) in [5.74, 6) is 1.94. The van der Waals surface area contributed by atoms with Gasteiger partial charge in [0.25, 0.3) is 0 Å². The van der Waals surface area contributed by atoms with Gasteiger partial charge in [-0.15, -0.1) is 0 Å². The van der Waals surface area contributed by atoms with Crippen LogP contribution in [0.5, 0.6) is 0 Å². The highest BCUT2D eigenvalue weighted by atomic mass is 16.1. The number of fused-ring (bicyclic) bond motifs is 1. The highest BCUT2D eigenvalue weighted by Crippen LogP contribution is 2.25. The van der Waals surface area contributed by atoms with Crippen LogP contribution < -0.4 is 0 Å². The summed E-state index contributed by atoms with van der Waals surface area (Å²) in [6.07, 6.45) is 8.72. The van der Waals surface area contributed by atoms with Crippen molar-refractivity contribution in [2.75, 3.05) is 19.6 Å². The molecule has 1 saturated heterocycles. The van der Waals surface area contributed by atoms with Gasteiger partial charge in [0, 0.05) is 29.2 Å². The molecule has 3 rings (SSSR count). The van der Waals surface area contributed by atoms with Crippen molar-refractivity contribution in [1.82, 2.24) is 9.47 Å². The van der Waals surface area contributed by atoms with E-state index in [-0.39, 0.29) is 5.78 Å². The monoisotopic (exact) mass is 354 g/mol. The molecule has 0 spiro atoms. The summed E-state index contributed by atoms with van der Waals surface area (Å²) in [5, 5.41) is 1.09. The van der Waals surface area contributed by atoms with Gasteiger partial charge in [-0.25, -0.2) is 0 Å². The Morgan fingerprint density at radius 1 is 1.15 bits per heavy atom. The number of ketones is 1. The lowest BCUT2D eigenvalue weighted by Crippen LogP contribution is -2.34. The van der Waals surface area contributed by atoms with Crippen LogP contribution in [0.2, 0.25) is 0 Å². The van der Waals surface area contributed by atoms with Gasteiger partial charge in [-0.05, 0) is 63.7 Å². The van der Waals surface area contributed by atoms with Gasteiger partial charge in [0.2, 0.25) is 0 Å². The number of aromatic nitrogens is 1. The minimum absolute atomic E-state index is 0.156. The average Bonchev–Trinajstić information content (AvgIpc) is 3.00. The lowest BCUT2D eigenvalue weighted by Gasteiger charge is -2.32. The molecule has 1 aliphatic heterocycles. The summed E-state index contributed by atoms with van der Waals surface area (Å²) in [6, 6.07) is 8.26. The molecule has 1 aromatic carbocycles. The number of rotatable bonds is 8. The fourth-order valence-corrected chi connectivity index (χ4v) is 4.24. The van der Waals surface area contributed by atoms with Gasteiger partial charge < -0.3 is 9.47 Å². The Bertz CT molecular complexity index is 723. The number of benzene rings is 1. The molecular weight excluding hydrogens is 320 g/mol. The van der Waals surface area contributed by atoms with E-state index in [4.69, 9.17) is 0 Å². The third kappa shape index (κ3) is 4.76. The zero-order valence-electron chi connectivity index (χ0n) is 16.7. The van der Waals surface area contributed by atoms with Gasteiger partial charge in [0.15, 0.2) is 5.78 Å². The second kappa shape index (κ2) is 8.85. The standard InChI is InChI=1S/C23H34N2O/c1-18(2)9-10-20-11-15-24(16-12-20)13-6-14-25-17-22(19(3)26)21-7-4-5-8-23(21)25/h4-5,7-8,17-18,20H,6,9-16H2,1-3H3. The quantitative estimate of drug-likeness (QED) is 0.594. The molecule has 0 atom stereocenters. The first-order chi connectivity index (χ1) is 12.5. The number of piperidine rings is 1. The van der Waals surface area contributed by atoms with E-state index in [1.54, 1.807) is 6.92 Å². The highest BCUT2D eigenvalue weighted by Gasteiger charge is 2.19. The van der Waals surface area contributed by atoms with Crippen LogP contribution in [0.4, 0.5) is 0 Å². The molecule has 0 bridgehead atoms. The summed E-state index contributed by atoms with van der Waals surface area (Å²) < 4.78 is 2.27. The normalized spacial score (nSPS) is 16.6. The van der Waals surface area contributed by atoms with E-state index in [0.717, 1.165) is 35.8 Å². The van der Waals surface area contributed by atoms with E-state index in [1.807, 2.05) is 12.3 Å². The number of likely N-dealkylation sites (tertiary alicyclic amines) is 1. The number of hydrogen-bond donors (Lipinski definition) is 0.